The molecule has 0 aliphatic rings. The molecule has 96 valence electrons. The number of sulfonamides is 1. The first-order valence-electron chi connectivity index (χ1n) is 4.62. The molecular formula is C9H10BrCl2NO3S. The molecule has 0 fully saturated rings. The minimum atomic E-state index is -3.52. The lowest BCUT2D eigenvalue weighted by Gasteiger charge is -2.10. The summed E-state index contributed by atoms with van der Waals surface area (Å²) in [6, 6.07) is 3.10. The van der Waals surface area contributed by atoms with Gasteiger partial charge in [0.2, 0.25) is 10.0 Å². The molecule has 1 aromatic carbocycles. The smallest absolute Gasteiger partial charge is 0.232 e. The molecule has 0 amide bonds. The van der Waals surface area contributed by atoms with E-state index in [0.29, 0.717) is 4.47 Å². The minimum Gasteiger partial charge on any atom is -0.396 e. The Morgan fingerprint density at radius 2 is 1.94 bits per heavy atom. The minimum absolute atomic E-state index is 0.133. The highest BCUT2D eigenvalue weighted by molar-refractivity contribution is 9.10. The molecule has 0 saturated heterocycles. The van der Waals surface area contributed by atoms with Crippen LogP contribution in [0.5, 0.6) is 0 Å². The molecule has 0 bridgehead atoms. The standard InChI is InChI=1S/C9H10BrCl2NO3S/c10-6-2-3-7(9(12)8(6)11)13-17(15,16)5-1-4-14/h2-3,13-14H,1,4-5H2. The number of benzene rings is 1. The first-order valence-corrected chi connectivity index (χ1v) is 7.82. The van der Waals surface area contributed by atoms with Gasteiger partial charge in [-0.3, -0.25) is 4.72 Å². The van der Waals surface area contributed by atoms with Crippen LogP contribution < -0.4 is 4.72 Å². The molecule has 17 heavy (non-hydrogen) atoms. The van der Waals surface area contributed by atoms with Crippen LogP contribution in [-0.2, 0) is 10.0 Å². The van der Waals surface area contributed by atoms with Gasteiger partial charge in [-0.2, -0.15) is 0 Å². The van der Waals surface area contributed by atoms with Crippen LogP contribution in [0.25, 0.3) is 0 Å². The van der Waals surface area contributed by atoms with Crippen molar-refractivity contribution in [3.05, 3.63) is 26.7 Å². The second-order valence-corrected chi connectivity index (χ2v) is 6.67. The van der Waals surface area contributed by atoms with Crippen LogP contribution in [-0.4, -0.2) is 25.9 Å². The van der Waals surface area contributed by atoms with Gasteiger partial charge < -0.3 is 5.11 Å². The Labute approximate surface area is 118 Å². The van der Waals surface area contributed by atoms with E-state index in [-0.39, 0.29) is 34.5 Å². The zero-order chi connectivity index (χ0) is 13.1. The quantitative estimate of drug-likeness (QED) is 0.791. The number of halogens is 3. The third-order valence-electron chi connectivity index (χ3n) is 1.87. The van der Waals surface area contributed by atoms with E-state index in [1.807, 2.05) is 0 Å². The number of nitrogens with one attached hydrogen (secondary N) is 1. The zero-order valence-corrected chi connectivity index (χ0v) is 12.5. The summed E-state index contributed by atoms with van der Waals surface area (Å²) in [6.45, 7) is -0.185. The van der Waals surface area contributed by atoms with Crippen LogP contribution in [0.15, 0.2) is 16.6 Å². The average molecular weight is 363 g/mol. The zero-order valence-electron chi connectivity index (χ0n) is 8.58. The molecule has 0 aromatic heterocycles. The summed E-state index contributed by atoms with van der Waals surface area (Å²) in [7, 11) is -3.52. The SMILES string of the molecule is O=S(=O)(CCCO)Nc1ccc(Br)c(Cl)c1Cl. The topological polar surface area (TPSA) is 66.4 Å². The number of anilines is 1. The molecule has 1 rings (SSSR count). The third kappa shape index (κ3) is 4.30. The summed E-state index contributed by atoms with van der Waals surface area (Å²) in [5.74, 6) is -0.173. The van der Waals surface area contributed by atoms with Crippen LogP contribution >= 0.6 is 39.1 Å². The van der Waals surface area contributed by atoms with Crippen LogP contribution in [0.3, 0.4) is 0 Å². The highest BCUT2D eigenvalue weighted by Crippen LogP contribution is 2.36. The average Bonchev–Trinajstić information content (AvgIpc) is 2.27. The van der Waals surface area contributed by atoms with E-state index in [2.05, 4.69) is 20.7 Å². The van der Waals surface area contributed by atoms with Crippen LogP contribution in [0.4, 0.5) is 5.69 Å². The number of hydrogen-bond acceptors (Lipinski definition) is 3. The first kappa shape index (κ1) is 15.0. The second-order valence-electron chi connectivity index (χ2n) is 3.22. The molecule has 0 radical (unpaired) electrons. The normalized spacial score (nSPS) is 11.5. The molecule has 8 heteroatoms. The second kappa shape index (κ2) is 6.24. The first-order chi connectivity index (χ1) is 7.87. The molecule has 2 N–H and O–H groups in total. The van der Waals surface area contributed by atoms with E-state index in [1.54, 1.807) is 6.07 Å². The Morgan fingerprint density at radius 3 is 2.53 bits per heavy atom. The van der Waals surface area contributed by atoms with Crippen molar-refractivity contribution in [1.82, 2.24) is 0 Å². The lowest BCUT2D eigenvalue weighted by molar-refractivity contribution is 0.295. The van der Waals surface area contributed by atoms with Crippen LogP contribution in [0.1, 0.15) is 6.42 Å². The van der Waals surface area contributed by atoms with E-state index in [9.17, 15) is 8.42 Å². The van der Waals surface area contributed by atoms with Crippen molar-refractivity contribution < 1.29 is 13.5 Å². The van der Waals surface area contributed by atoms with Crippen molar-refractivity contribution in [3.63, 3.8) is 0 Å². The van der Waals surface area contributed by atoms with E-state index in [1.165, 1.54) is 6.07 Å². The fraction of sp³-hybridized carbons (Fsp3) is 0.333. The van der Waals surface area contributed by atoms with Gasteiger partial charge in [0, 0.05) is 11.1 Å². The van der Waals surface area contributed by atoms with Crippen molar-refractivity contribution in [2.45, 2.75) is 6.42 Å². The molecule has 0 atom stereocenters. The summed E-state index contributed by atoms with van der Waals surface area (Å²) >= 11 is 14.9. The summed E-state index contributed by atoms with van der Waals surface area (Å²) in [5.41, 5.74) is 0.220. The van der Waals surface area contributed by atoms with Gasteiger partial charge in [0.05, 0.1) is 21.5 Å². The molecule has 0 unspecified atom stereocenters. The van der Waals surface area contributed by atoms with Crippen molar-refractivity contribution in [1.29, 1.82) is 0 Å². The Bertz CT molecular complexity index is 507. The van der Waals surface area contributed by atoms with Gasteiger partial charge >= 0.3 is 0 Å². The number of rotatable bonds is 5. The van der Waals surface area contributed by atoms with Gasteiger partial charge in [-0.25, -0.2) is 8.42 Å². The maximum absolute atomic E-state index is 11.6. The summed E-state index contributed by atoms with van der Waals surface area (Å²) in [6.07, 6.45) is 0.164. The lowest BCUT2D eigenvalue weighted by Crippen LogP contribution is -2.17. The van der Waals surface area contributed by atoms with Gasteiger partial charge in [-0.1, -0.05) is 23.2 Å². The monoisotopic (exact) mass is 361 g/mol. The third-order valence-corrected chi connectivity index (χ3v) is 5.00. The molecule has 0 saturated carbocycles. The Balaban J connectivity index is 2.93. The summed E-state index contributed by atoms with van der Waals surface area (Å²) in [4.78, 5) is 0. The Kier molecular flexibility index (Phi) is 5.53. The predicted molar refractivity (Wildman–Crippen MR) is 73.3 cm³/mol. The van der Waals surface area contributed by atoms with Crippen LogP contribution in [0, 0.1) is 0 Å². The van der Waals surface area contributed by atoms with Gasteiger partial charge in [-0.05, 0) is 34.5 Å². The molecular weight excluding hydrogens is 353 g/mol. The number of hydrogen-bond donors (Lipinski definition) is 2. The highest BCUT2D eigenvalue weighted by Gasteiger charge is 2.14. The van der Waals surface area contributed by atoms with Gasteiger partial charge in [0.1, 0.15) is 0 Å². The van der Waals surface area contributed by atoms with Crippen molar-refractivity contribution in [3.8, 4) is 0 Å². The fourth-order valence-corrected chi connectivity index (χ4v) is 3.07. The summed E-state index contributed by atoms with van der Waals surface area (Å²) in [5, 5.41) is 8.96. The van der Waals surface area contributed by atoms with Gasteiger partial charge in [0.15, 0.2) is 0 Å². The molecule has 0 aliphatic heterocycles. The summed E-state index contributed by atoms with van der Waals surface area (Å²) < 4.78 is 26.0. The fourth-order valence-electron chi connectivity index (χ4n) is 1.08. The predicted octanol–water partition coefficient (Wildman–Crippen LogP) is 2.88. The number of aliphatic hydroxyl groups excluding tert-OH is 1. The van der Waals surface area contributed by atoms with E-state index < -0.39 is 10.0 Å². The van der Waals surface area contributed by atoms with E-state index in [0.717, 1.165) is 0 Å². The molecule has 1 aromatic rings. The van der Waals surface area contributed by atoms with Crippen molar-refractivity contribution in [2.24, 2.45) is 0 Å². The van der Waals surface area contributed by atoms with Gasteiger partial charge in [-0.15, -0.1) is 0 Å². The number of aliphatic hydroxyl groups is 1. The van der Waals surface area contributed by atoms with Crippen molar-refractivity contribution in [2.75, 3.05) is 17.1 Å². The lowest BCUT2D eigenvalue weighted by atomic mass is 10.3. The molecule has 0 spiro atoms. The molecule has 0 heterocycles. The van der Waals surface area contributed by atoms with E-state index >= 15 is 0 Å². The van der Waals surface area contributed by atoms with Crippen molar-refractivity contribution >= 4 is 54.8 Å². The highest BCUT2D eigenvalue weighted by atomic mass is 79.9. The largest absolute Gasteiger partial charge is 0.396 e. The Hall–Kier alpha value is -0.0100. The van der Waals surface area contributed by atoms with Gasteiger partial charge in [0.25, 0.3) is 0 Å². The molecule has 4 nitrogen and oxygen atoms in total. The molecule has 0 aliphatic carbocycles. The maximum Gasteiger partial charge on any atom is 0.232 e. The van der Waals surface area contributed by atoms with Crippen LogP contribution in [0.2, 0.25) is 10.0 Å². The van der Waals surface area contributed by atoms with E-state index in [4.69, 9.17) is 28.3 Å². The Morgan fingerprint density at radius 1 is 1.29 bits per heavy atom. The maximum atomic E-state index is 11.6.